The molecule has 1 saturated carbocycles. The minimum Gasteiger partial charge on any atom is -0.494 e. The van der Waals surface area contributed by atoms with Crippen LogP contribution in [0, 0.1) is 23.7 Å². The van der Waals surface area contributed by atoms with Crippen molar-refractivity contribution < 1.29 is 14.6 Å². The molecule has 3 nitrogen and oxygen atoms in total. The summed E-state index contributed by atoms with van der Waals surface area (Å²) in [6.45, 7) is 7.05. The van der Waals surface area contributed by atoms with Crippen LogP contribution in [-0.4, -0.2) is 17.7 Å². The summed E-state index contributed by atoms with van der Waals surface area (Å²) in [6.07, 6.45) is 8.58. The maximum atomic E-state index is 11.0. The number of allylic oxidation sites excluding steroid dienone is 1. The van der Waals surface area contributed by atoms with Crippen molar-refractivity contribution in [1.29, 1.82) is 0 Å². The molecule has 0 bridgehead atoms. The van der Waals surface area contributed by atoms with Crippen molar-refractivity contribution in [3.63, 3.8) is 0 Å². The molecule has 0 amide bonds. The van der Waals surface area contributed by atoms with Gasteiger partial charge in [0.25, 0.3) is 0 Å². The van der Waals surface area contributed by atoms with E-state index in [1.54, 1.807) is 0 Å². The molecule has 1 aliphatic carbocycles. The Kier molecular flexibility index (Phi) is 6.89. The van der Waals surface area contributed by atoms with E-state index in [1.807, 2.05) is 19.1 Å². The first-order chi connectivity index (χ1) is 11.5. The van der Waals surface area contributed by atoms with Crippen LogP contribution >= 0.6 is 0 Å². The van der Waals surface area contributed by atoms with Gasteiger partial charge in [0, 0.05) is 0 Å². The van der Waals surface area contributed by atoms with Gasteiger partial charge in [-0.15, -0.1) is 0 Å². The van der Waals surface area contributed by atoms with Gasteiger partial charge < -0.3 is 9.84 Å². The van der Waals surface area contributed by atoms with Crippen LogP contribution in [0.25, 0.3) is 6.08 Å². The van der Waals surface area contributed by atoms with Gasteiger partial charge >= 0.3 is 5.97 Å². The Morgan fingerprint density at radius 3 is 2.62 bits per heavy atom. The molecule has 3 unspecified atom stereocenters. The minimum atomic E-state index is -0.671. The quantitative estimate of drug-likeness (QED) is 0.595. The maximum absolute atomic E-state index is 11.0. The summed E-state index contributed by atoms with van der Waals surface area (Å²) in [7, 11) is 0. The van der Waals surface area contributed by atoms with E-state index in [2.05, 4.69) is 38.1 Å². The predicted octanol–water partition coefficient (Wildman–Crippen LogP) is 5.26. The minimum absolute atomic E-state index is 0.212. The van der Waals surface area contributed by atoms with Gasteiger partial charge in [-0.3, -0.25) is 4.79 Å². The van der Waals surface area contributed by atoms with Crippen molar-refractivity contribution in [2.75, 3.05) is 6.61 Å². The summed E-state index contributed by atoms with van der Waals surface area (Å²) < 4.78 is 5.75. The molecule has 1 aromatic carbocycles. The fourth-order valence-corrected chi connectivity index (χ4v) is 3.07. The van der Waals surface area contributed by atoms with Crippen molar-refractivity contribution in [2.24, 2.45) is 23.7 Å². The van der Waals surface area contributed by atoms with Gasteiger partial charge in [0.15, 0.2) is 0 Å². The lowest BCUT2D eigenvalue weighted by Gasteiger charge is -2.07. The Hall–Kier alpha value is -1.77. The molecule has 0 spiro atoms. The highest BCUT2D eigenvalue weighted by molar-refractivity contribution is 5.70. The highest BCUT2D eigenvalue weighted by atomic mass is 16.5. The Balaban J connectivity index is 1.69. The molecule has 24 heavy (non-hydrogen) atoms. The Bertz CT molecular complexity index is 545. The van der Waals surface area contributed by atoms with Crippen LogP contribution in [0.1, 0.15) is 52.0 Å². The molecule has 0 heterocycles. The Labute approximate surface area is 145 Å². The second-order valence-corrected chi connectivity index (χ2v) is 7.38. The van der Waals surface area contributed by atoms with Gasteiger partial charge in [-0.05, 0) is 61.1 Å². The SMILES string of the molecule is CC(C)CCCOc1ccc(C=CCC2CC2C(C)C(=O)O)cc1. The summed E-state index contributed by atoms with van der Waals surface area (Å²) in [4.78, 5) is 11.0. The number of hydrogen-bond donors (Lipinski definition) is 1. The molecule has 2 rings (SSSR count). The van der Waals surface area contributed by atoms with Gasteiger partial charge in [-0.1, -0.05) is 45.1 Å². The van der Waals surface area contributed by atoms with Crippen molar-refractivity contribution in [3.05, 3.63) is 35.9 Å². The molecule has 132 valence electrons. The van der Waals surface area contributed by atoms with Crippen molar-refractivity contribution in [3.8, 4) is 5.75 Å². The van der Waals surface area contributed by atoms with Crippen molar-refractivity contribution in [2.45, 2.75) is 46.5 Å². The zero-order chi connectivity index (χ0) is 17.5. The standard InChI is InChI=1S/C21H30O3/c1-15(2)6-5-13-24-19-11-9-17(10-12-19)7-4-8-18-14-20(18)16(3)21(22)23/h4,7,9-12,15-16,18,20H,5-6,8,13-14H2,1-3H3,(H,22,23). The molecular weight excluding hydrogens is 300 g/mol. The lowest BCUT2D eigenvalue weighted by atomic mass is 10.0. The number of aliphatic carboxylic acids is 1. The fourth-order valence-electron chi connectivity index (χ4n) is 3.07. The van der Waals surface area contributed by atoms with Crippen molar-refractivity contribution >= 4 is 12.0 Å². The van der Waals surface area contributed by atoms with Gasteiger partial charge in [-0.25, -0.2) is 0 Å². The first-order valence-electron chi connectivity index (χ1n) is 9.09. The molecule has 1 aromatic rings. The van der Waals surface area contributed by atoms with Gasteiger partial charge in [0.05, 0.1) is 12.5 Å². The summed E-state index contributed by atoms with van der Waals surface area (Å²) >= 11 is 0. The topological polar surface area (TPSA) is 46.5 Å². The number of hydrogen-bond acceptors (Lipinski definition) is 2. The molecule has 3 atom stereocenters. The summed E-state index contributed by atoms with van der Waals surface area (Å²) in [5.74, 6) is 1.66. The van der Waals surface area contributed by atoms with Gasteiger partial charge in [0.1, 0.15) is 5.75 Å². The largest absolute Gasteiger partial charge is 0.494 e. The lowest BCUT2D eigenvalue weighted by Crippen LogP contribution is -2.12. The molecule has 0 aromatic heterocycles. The molecule has 1 fully saturated rings. The fraction of sp³-hybridized carbons (Fsp3) is 0.571. The van der Waals surface area contributed by atoms with E-state index in [9.17, 15) is 4.79 Å². The molecule has 1 aliphatic rings. The number of ether oxygens (including phenoxy) is 1. The van der Waals surface area contributed by atoms with E-state index in [-0.39, 0.29) is 5.92 Å². The third kappa shape index (κ3) is 6.03. The average Bonchev–Trinajstić information content (AvgIpc) is 3.31. The monoisotopic (exact) mass is 330 g/mol. The molecule has 0 saturated heterocycles. The van der Waals surface area contributed by atoms with Crippen LogP contribution in [0.15, 0.2) is 30.3 Å². The summed E-state index contributed by atoms with van der Waals surface area (Å²) in [5, 5.41) is 9.01. The summed E-state index contributed by atoms with van der Waals surface area (Å²) in [5.41, 5.74) is 1.16. The number of rotatable bonds is 10. The third-order valence-electron chi connectivity index (χ3n) is 4.83. The number of carbonyl (C=O) groups is 1. The lowest BCUT2D eigenvalue weighted by molar-refractivity contribution is -0.141. The maximum Gasteiger partial charge on any atom is 0.306 e. The Morgan fingerprint density at radius 2 is 2.00 bits per heavy atom. The van der Waals surface area contributed by atoms with Gasteiger partial charge in [-0.2, -0.15) is 0 Å². The number of carboxylic acids is 1. The Morgan fingerprint density at radius 1 is 1.29 bits per heavy atom. The highest BCUT2D eigenvalue weighted by Crippen LogP contribution is 2.46. The van der Waals surface area contributed by atoms with E-state index in [0.29, 0.717) is 11.8 Å². The van der Waals surface area contributed by atoms with Crippen LogP contribution in [-0.2, 0) is 4.79 Å². The number of carboxylic acid groups (broad SMARTS) is 1. The van der Waals surface area contributed by atoms with Crippen LogP contribution in [0.5, 0.6) is 5.75 Å². The van der Waals surface area contributed by atoms with Crippen LogP contribution in [0.4, 0.5) is 0 Å². The predicted molar refractivity (Wildman–Crippen MR) is 98.1 cm³/mol. The second kappa shape index (κ2) is 8.91. The molecule has 1 N–H and O–H groups in total. The molecule has 3 heteroatoms. The van der Waals surface area contributed by atoms with Gasteiger partial charge in [0.2, 0.25) is 0 Å². The van der Waals surface area contributed by atoms with Crippen LogP contribution in [0.3, 0.4) is 0 Å². The van der Waals surface area contributed by atoms with Crippen LogP contribution < -0.4 is 4.74 Å². The van der Waals surface area contributed by atoms with Crippen LogP contribution in [0.2, 0.25) is 0 Å². The van der Waals surface area contributed by atoms with E-state index < -0.39 is 5.97 Å². The molecule has 0 radical (unpaired) electrons. The summed E-state index contributed by atoms with van der Waals surface area (Å²) in [6, 6.07) is 8.17. The third-order valence-corrected chi connectivity index (χ3v) is 4.83. The van der Waals surface area contributed by atoms with E-state index in [1.165, 1.54) is 6.42 Å². The second-order valence-electron chi connectivity index (χ2n) is 7.38. The highest BCUT2D eigenvalue weighted by Gasteiger charge is 2.42. The zero-order valence-electron chi connectivity index (χ0n) is 15.1. The first kappa shape index (κ1) is 18.6. The van der Waals surface area contributed by atoms with E-state index >= 15 is 0 Å². The molecular formula is C21H30O3. The van der Waals surface area contributed by atoms with Crippen molar-refractivity contribution in [1.82, 2.24) is 0 Å². The number of benzene rings is 1. The first-order valence-corrected chi connectivity index (χ1v) is 9.09. The molecule has 0 aliphatic heterocycles. The zero-order valence-corrected chi connectivity index (χ0v) is 15.1. The van der Waals surface area contributed by atoms with E-state index in [0.717, 1.165) is 43.1 Å². The smallest absolute Gasteiger partial charge is 0.306 e. The normalized spacial score (nSPS) is 21.2. The average molecular weight is 330 g/mol. The van der Waals surface area contributed by atoms with E-state index in [4.69, 9.17) is 9.84 Å².